The van der Waals surface area contributed by atoms with Crippen LogP contribution in [0.15, 0.2) is 18.3 Å². The Balaban J connectivity index is 2.05. The van der Waals surface area contributed by atoms with Crippen LogP contribution in [0.2, 0.25) is 0 Å². The first-order chi connectivity index (χ1) is 8.24. The number of hydrogen-bond acceptors (Lipinski definition) is 4. The third-order valence-corrected chi connectivity index (χ3v) is 2.89. The van der Waals surface area contributed by atoms with Crippen LogP contribution in [0.25, 0.3) is 0 Å². The summed E-state index contributed by atoms with van der Waals surface area (Å²) in [6.45, 7) is 4.39. The summed E-state index contributed by atoms with van der Waals surface area (Å²) in [5.41, 5.74) is 1.43. The van der Waals surface area contributed by atoms with E-state index in [9.17, 15) is 4.79 Å². The van der Waals surface area contributed by atoms with Gasteiger partial charge in [0, 0.05) is 44.0 Å². The molecule has 2 rings (SSSR count). The van der Waals surface area contributed by atoms with E-state index >= 15 is 0 Å². The summed E-state index contributed by atoms with van der Waals surface area (Å²) in [7, 11) is 0. The number of anilines is 1. The highest BCUT2D eigenvalue weighted by Gasteiger charge is 2.26. The number of aliphatic hydroxyl groups excluding tert-OH is 1. The van der Waals surface area contributed by atoms with E-state index in [4.69, 9.17) is 5.11 Å². The Morgan fingerprint density at radius 2 is 2.41 bits per heavy atom. The maximum Gasteiger partial charge on any atom is 0.269 e. The van der Waals surface area contributed by atoms with Crippen molar-refractivity contribution >= 4 is 11.6 Å². The van der Waals surface area contributed by atoms with Crippen LogP contribution in [-0.4, -0.2) is 42.2 Å². The number of aromatic nitrogens is 1. The second-order valence-corrected chi connectivity index (χ2v) is 4.21. The molecule has 17 heavy (non-hydrogen) atoms. The van der Waals surface area contributed by atoms with E-state index in [0.29, 0.717) is 18.2 Å². The van der Waals surface area contributed by atoms with Crippen LogP contribution >= 0.6 is 0 Å². The van der Waals surface area contributed by atoms with Crippen molar-refractivity contribution in [2.24, 2.45) is 5.92 Å². The number of hydrogen-bond donors (Lipinski definition) is 2. The Bertz CT molecular complexity index is 402. The lowest BCUT2D eigenvalue weighted by molar-refractivity contribution is 0.0951. The molecule has 0 atom stereocenters. The maximum absolute atomic E-state index is 11.6. The predicted octanol–water partition coefficient (Wildman–Crippen LogP) is 0.260. The van der Waals surface area contributed by atoms with Gasteiger partial charge in [-0.25, -0.2) is 0 Å². The van der Waals surface area contributed by atoms with Crippen molar-refractivity contribution in [2.45, 2.75) is 6.92 Å². The summed E-state index contributed by atoms with van der Waals surface area (Å²) in [5, 5.41) is 11.7. The highest BCUT2D eigenvalue weighted by Crippen LogP contribution is 2.24. The summed E-state index contributed by atoms with van der Waals surface area (Å²) in [6, 6.07) is 3.68. The molecule has 0 aromatic carbocycles. The molecule has 1 aromatic rings. The zero-order chi connectivity index (χ0) is 12.3. The van der Waals surface area contributed by atoms with Crippen molar-refractivity contribution in [3.63, 3.8) is 0 Å². The molecule has 1 amide bonds. The lowest BCUT2D eigenvalue weighted by Crippen LogP contribution is -2.48. The average molecular weight is 235 g/mol. The Hall–Kier alpha value is -1.62. The molecule has 1 aliphatic heterocycles. The molecule has 92 valence electrons. The van der Waals surface area contributed by atoms with Gasteiger partial charge in [-0.05, 0) is 19.1 Å². The van der Waals surface area contributed by atoms with E-state index in [1.54, 1.807) is 12.3 Å². The zero-order valence-electron chi connectivity index (χ0n) is 9.89. The van der Waals surface area contributed by atoms with Gasteiger partial charge in [-0.15, -0.1) is 0 Å². The SMILES string of the molecule is CCNC(=O)c1cc(N2CC(CO)C2)ccn1. The molecule has 1 aliphatic rings. The second kappa shape index (κ2) is 5.14. The van der Waals surface area contributed by atoms with Gasteiger partial charge in [0.15, 0.2) is 0 Å². The molecule has 0 saturated carbocycles. The summed E-state index contributed by atoms with van der Waals surface area (Å²) >= 11 is 0. The minimum Gasteiger partial charge on any atom is -0.396 e. The first kappa shape index (κ1) is 11.9. The fourth-order valence-electron chi connectivity index (χ4n) is 1.89. The number of pyridine rings is 1. The Morgan fingerprint density at radius 3 is 3.06 bits per heavy atom. The van der Waals surface area contributed by atoms with Crippen LogP contribution in [0.5, 0.6) is 0 Å². The van der Waals surface area contributed by atoms with Crippen molar-refractivity contribution in [1.82, 2.24) is 10.3 Å². The standard InChI is InChI=1S/C12H17N3O2/c1-2-13-12(17)11-5-10(3-4-14-11)15-6-9(7-15)8-16/h3-5,9,16H,2,6-8H2,1H3,(H,13,17). The second-order valence-electron chi connectivity index (χ2n) is 4.21. The minimum absolute atomic E-state index is 0.145. The summed E-state index contributed by atoms with van der Waals surface area (Å²) < 4.78 is 0. The molecule has 0 bridgehead atoms. The average Bonchev–Trinajstić information content (AvgIpc) is 2.28. The van der Waals surface area contributed by atoms with Gasteiger partial charge in [0.1, 0.15) is 5.69 Å². The van der Waals surface area contributed by atoms with Gasteiger partial charge >= 0.3 is 0 Å². The van der Waals surface area contributed by atoms with E-state index < -0.39 is 0 Å². The van der Waals surface area contributed by atoms with Gasteiger partial charge in [-0.3, -0.25) is 9.78 Å². The van der Waals surface area contributed by atoms with Crippen LogP contribution in [-0.2, 0) is 0 Å². The molecule has 0 radical (unpaired) electrons. The number of amides is 1. The number of nitrogens with one attached hydrogen (secondary N) is 1. The number of carbonyl (C=O) groups excluding carboxylic acids is 1. The van der Waals surface area contributed by atoms with Gasteiger partial charge in [-0.1, -0.05) is 0 Å². The molecular weight excluding hydrogens is 218 g/mol. The van der Waals surface area contributed by atoms with E-state index in [1.165, 1.54) is 0 Å². The van der Waals surface area contributed by atoms with E-state index in [0.717, 1.165) is 18.8 Å². The Labute approximate surface area is 100 Å². The van der Waals surface area contributed by atoms with E-state index in [1.807, 2.05) is 13.0 Å². The van der Waals surface area contributed by atoms with Crippen molar-refractivity contribution in [3.05, 3.63) is 24.0 Å². The predicted molar refractivity (Wildman–Crippen MR) is 65.0 cm³/mol. The molecule has 2 N–H and O–H groups in total. The van der Waals surface area contributed by atoms with Crippen LogP contribution in [0.3, 0.4) is 0 Å². The highest BCUT2D eigenvalue weighted by molar-refractivity contribution is 5.93. The summed E-state index contributed by atoms with van der Waals surface area (Å²) in [4.78, 5) is 17.8. The number of rotatable bonds is 4. The molecule has 5 nitrogen and oxygen atoms in total. The van der Waals surface area contributed by atoms with Gasteiger partial charge in [0.25, 0.3) is 5.91 Å². The third-order valence-electron chi connectivity index (χ3n) is 2.89. The molecule has 0 unspecified atom stereocenters. The number of nitrogens with zero attached hydrogens (tertiary/aromatic N) is 2. The first-order valence-electron chi connectivity index (χ1n) is 5.84. The van der Waals surface area contributed by atoms with Crippen LogP contribution in [0, 0.1) is 5.92 Å². The van der Waals surface area contributed by atoms with Crippen LogP contribution in [0.4, 0.5) is 5.69 Å². The summed E-state index contributed by atoms with van der Waals surface area (Å²) in [6.07, 6.45) is 1.65. The number of aliphatic hydroxyl groups is 1. The van der Waals surface area contributed by atoms with Crippen molar-refractivity contribution in [1.29, 1.82) is 0 Å². The molecule has 1 saturated heterocycles. The molecule has 1 fully saturated rings. The monoisotopic (exact) mass is 235 g/mol. The molecular formula is C12H17N3O2. The molecule has 0 aliphatic carbocycles. The molecule has 2 heterocycles. The normalized spacial score (nSPS) is 15.5. The Kier molecular flexibility index (Phi) is 3.58. The van der Waals surface area contributed by atoms with E-state index in [2.05, 4.69) is 15.2 Å². The van der Waals surface area contributed by atoms with Gasteiger partial charge in [0.05, 0.1) is 0 Å². The largest absolute Gasteiger partial charge is 0.396 e. The van der Waals surface area contributed by atoms with E-state index in [-0.39, 0.29) is 12.5 Å². The van der Waals surface area contributed by atoms with Gasteiger partial charge < -0.3 is 15.3 Å². The maximum atomic E-state index is 11.6. The molecule has 1 aromatic heterocycles. The van der Waals surface area contributed by atoms with Gasteiger partial charge in [0.2, 0.25) is 0 Å². The number of carbonyl (C=O) groups is 1. The van der Waals surface area contributed by atoms with Crippen molar-refractivity contribution in [3.8, 4) is 0 Å². The van der Waals surface area contributed by atoms with Crippen LogP contribution in [0.1, 0.15) is 17.4 Å². The molecule has 5 heteroatoms. The minimum atomic E-state index is -0.145. The zero-order valence-corrected chi connectivity index (χ0v) is 9.89. The fraction of sp³-hybridized carbons (Fsp3) is 0.500. The fourth-order valence-corrected chi connectivity index (χ4v) is 1.89. The lowest BCUT2D eigenvalue weighted by atomic mass is 10.0. The Morgan fingerprint density at radius 1 is 1.65 bits per heavy atom. The highest BCUT2D eigenvalue weighted by atomic mass is 16.3. The molecule has 0 spiro atoms. The summed E-state index contributed by atoms with van der Waals surface area (Å²) in [5.74, 6) is 0.213. The smallest absolute Gasteiger partial charge is 0.269 e. The van der Waals surface area contributed by atoms with Crippen molar-refractivity contribution in [2.75, 3.05) is 31.1 Å². The topological polar surface area (TPSA) is 65.5 Å². The lowest BCUT2D eigenvalue weighted by Gasteiger charge is -2.40. The van der Waals surface area contributed by atoms with Crippen molar-refractivity contribution < 1.29 is 9.90 Å². The van der Waals surface area contributed by atoms with Gasteiger partial charge in [-0.2, -0.15) is 0 Å². The quantitative estimate of drug-likeness (QED) is 0.785. The third kappa shape index (κ3) is 2.55. The first-order valence-corrected chi connectivity index (χ1v) is 5.84. The van der Waals surface area contributed by atoms with Crippen LogP contribution < -0.4 is 10.2 Å².